The lowest BCUT2D eigenvalue weighted by Gasteiger charge is -2.31. The molecular weight excluding hydrogens is 629 g/mol. The van der Waals surface area contributed by atoms with E-state index >= 15 is 0 Å². The largest absolute Gasteiger partial charge is 0.264 e. The van der Waals surface area contributed by atoms with Crippen LogP contribution in [0.15, 0.2) is 187 Å². The Balaban J connectivity index is 1.17. The summed E-state index contributed by atoms with van der Waals surface area (Å²) in [7, 11) is 0. The molecule has 0 saturated heterocycles. The summed E-state index contributed by atoms with van der Waals surface area (Å²) in [6, 6.07) is 64.0. The molecule has 0 unspecified atom stereocenters. The Morgan fingerprint density at radius 2 is 1.08 bits per heavy atom. The monoisotopic (exact) mass is 662 g/mol. The summed E-state index contributed by atoms with van der Waals surface area (Å²) in [5.74, 6) is 0. The predicted octanol–water partition coefficient (Wildman–Crippen LogP) is 12.3. The van der Waals surface area contributed by atoms with Gasteiger partial charge in [0.2, 0.25) is 0 Å². The highest BCUT2D eigenvalue weighted by atomic mass is 14.7. The van der Waals surface area contributed by atoms with Gasteiger partial charge < -0.3 is 0 Å². The van der Waals surface area contributed by atoms with Crippen molar-refractivity contribution in [2.45, 2.75) is 11.8 Å². The van der Waals surface area contributed by atoms with Crippen LogP contribution in [0.25, 0.3) is 55.8 Å². The summed E-state index contributed by atoms with van der Waals surface area (Å²) in [5.41, 5.74) is 20.4. The molecular formula is C50H34N2. The van der Waals surface area contributed by atoms with Gasteiger partial charge in [-0.25, -0.2) is 0 Å². The summed E-state index contributed by atoms with van der Waals surface area (Å²) in [6.45, 7) is 4.02. The highest BCUT2D eigenvalue weighted by Gasteiger charge is 2.52. The molecule has 1 spiro atoms. The van der Waals surface area contributed by atoms with Gasteiger partial charge >= 0.3 is 0 Å². The number of hydrogen-bond acceptors (Lipinski definition) is 2. The molecule has 8 aromatic rings. The van der Waals surface area contributed by atoms with Crippen molar-refractivity contribution in [3.63, 3.8) is 0 Å². The Labute approximate surface area is 304 Å². The van der Waals surface area contributed by atoms with Crippen molar-refractivity contribution in [1.29, 1.82) is 0 Å². The number of fused-ring (bicyclic) bond motifs is 10. The zero-order valence-electron chi connectivity index (χ0n) is 28.6. The molecule has 0 amide bonds. The molecule has 0 atom stereocenters. The number of hydrogen-bond donors (Lipinski definition) is 0. The quantitative estimate of drug-likeness (QED) is 0.163. The van der Waals surface area contributed by atoms with Crippen LogP contribution in [0, 0.1) is 0 Å². The van der Waals surface area contributed by atoms with Crippen LogP contribution in [-0.2, 0) is 11.8 Å². The molecule has 244 valence electrons. The van der Waals surface area contributed by atoms with Crippen LogP contribution in [0.1, 0.15) is 33.4 Å². The molecule has 0 fully saturated rings. The normalized spacial score (nSPS) is 12.9. The first-order chi connectivity index (χ1) is 25.8. The fourth-order valence-electron chi connectivity index (χ4n) is 8.95. The van der Waals surface area contributed by atoms with Crippen molar-refractivity contribution >= 4 is 12.4 Å². The van der Waals surface area contributed by atoms with E-state index < -0.39 is 5.41 Å². The molecule has 2 heteroatoms. The number of pyridine rings is 1. The SMILES string of the molecule is C=Nc1ccccc1-c1c(Cc2cccc(-c3ccc(-c4ccccn4)cc3)c2)ccc2c1-c1ccccc1C21c2ccccc2-c2ccccc21. The Morgan fingerprint density at radius 3 is 1.77 bits per heavy atom. The van der Waals surface area contributed by atoms with Gasteiger partial charge in [0.05, 0.1) is 16.8 Å². The van der Waals surface area contributed by atoms with E-state index in [2.05, 4.69) is 174 Å². The minimum Gasteiger partial charge on any atom is -0.264 e. The second-order valence-corrected chi connectivity index (χ2v) is 13.8. The zero-order valence-corrected chi connectivity index (χ0v) is 28.6. The van der Waals surface area contributed by atoms with Gasteiger partial charge in [0.25, 0.3) is 0 Å². The van der Waals surface area contributed by atoms with Crippen LogP contribution in [0.2, 0.25) is 0 Å². The standard InChI is InChI=1S/C50H34N2/c1-51-47-23-9-5-18-41(47)48-37(32-33-13-12-14-36(31-33)34-24-26-35(27-25-34)46-22-10-11-30-52-46)28-29-45-49(48)40-17-4-8-21-44(40)50(45)42-19-6-2-15-38(42)39-16-3-7-20-43(39)50/h2-31H,1,32H2. The van der Waals surface area contributed by atoms with Crippen LogP contribution in [0.3, 0.4) is 0 Å². The van der Waals surface area contributed by atoms with E-state index in [9.17, 15) is 0 Å². The second-order valence-electron chi connectivity index (χ2n) is 13.8. The molecule has 7 aromatic carbocycles. The number of benzene rings is 7. The summed E-state index contributed by atoms with van der Waals surface area (Å²) < 4.78 is 0. The van der Waals surface area contributed by atoms with Gasteiger partial charge in [0.15, 0.2) is 0 Å². The van der Waals surface area contributed by atoms with E-state index in [4.69, 9.17) is 0 Å². The Hall–Kier alpha value is -6.64. The molecule has 0 saturated carbocycles. The Morgan fingerprint density at radius 1 is 0.462 bits per heavy atom. The van der Waals surface area contributed by atoms with Crippen molar-refractivity contribution in [3.8, 4) is 55.8 Å². The fourth-order valence-corrected chi connectivity index (χ4v) is 8.95. The number of aromatic nitrogens is 1. The van der Waals surface area contributed by atoms with Gasteiger partial charge in [0.1, 0.15) is 0 Å². The molecule has 10 rings (SSSR count). The van der Waals surface area contributed by atoms with Crippen molar-refractivity contribution in [3.05, 3.63) is 216 Å². The van der Waals surface area contributed by atoms with Gasteiger partial charge in [-0.3, -0.25) is 9.98 Å². The highest BCUT2D eigenvalue weighted by Crippen LogP contribution is 2.64. The van der Waals surface area contributed by atoms with E-state index in [1.807, 2.05) is 24.4 Å². The van der Waals surface area contributed by atoms with Crippen molar-refractivity contribution in [2.24, 2.45) is 4.99 Å². The topological polar surface area (TPSA) is 25.2 Å². The minimum absolute atomic E-state index is 0.412. The average molecular weight is 663 g/mol. The van der Waals surface area contributed by atoms with Crippen molar-refractivity contribution in [1.82, 2.24) is 4.98 Å². The molecule has 0 N–H and O–H groups in total. The summed E-state index contributed by atoms with van der Waals surface area (Å²) >= 11 is 0. The Kier molecular flexibility index (Phi) is 6.97. The fraction of sp³-hybridized carbons (Fsp3) is 0.0400. The molecule has 0 aliphatic heterocycles. The van der Waals surface area contributed by atoms with Gasteiger partial charge in [0, 0.05) is 17.3 Å². The first kappa shape index (κ1) is 30.2. The molecule has 0 bridgehead atoms. The van der Waals surface area contributed by atoms with Gasteiger partial charge in [-0.15, -0.1) is 0 Å². The van der Waals surface area contributed by atoms with Gasteiger partial charge in [-0.1, -0.05) is 158 Å². The molecule has 1 aromatic heterocycles. The predicted molar refractivity (Wildman–Crippen MR) is 215 cm³/mol. The third kappa shape index (κ3) is 4.44. The van der Waals surface area contributed by atoms with E-state index in [-0.39, 0.29) is 0 Å². The van der Waals surface area contributed by atoms with Gasteiger partial charge in [-0.2, -0.15) is 0 Å². The molecule has 52 heavy (non-hydrogen) atoms. The summed E-state index contributed by atoms with van der Waals surface area (Å²) in [5, 5.41) is 0. The molecule has 2 aliphatic rings. The van der Waals surface area contributed by atoms with Crippen LogP contribution >= 0.6 is 0 Å². The maximum Gasteiger partial charge on any atom is 0.0725 e. The lowest BCUT2D eigenvalue weighted by Crippen LogP contribution is -2.25. The lowest BCUT2D eigenvalue weighted by atomic mass is 9.70. The van der Waals surface area contributed by atoms with E-state index in [0.717, 1.165) is 28.9 Å². The van der Waals surface area contributed by atoms with Crippen LogP contribution < -0.4 is 0 Å². The molecule has 1 heterocycles. The maximum absolute atomic E-state index is 4.57. The molecule has 0 radical (unpaired) electrons. The maximum atomic E-state index is 4.57. The zero-order chi connectivity index (χ0) is 34.6. The van der Waals surface area contributed by atoms with E-state index in [0.29, 0.717) is 0 Å². The third-order valence-electron chi connectivity index (χ3n) is 11.1. The second kappa shape index (κ2) is 12.0. The third-order valence-corrected chi connectivity index (χ3v) is 11.1. The Bertz CT molecular complexity index is 2620. The summed E-state index contributed by atoms with van der Waals surface area (Å²) in [4.78, 5) is 9.10. The highest BCUT2D eigenvalue weighted by molar-refractivity contribution is 6.02. The number of para-hydroxylation sites is 1. The first-order valence-electron chi connectivity index (χ1n) is 17.9. The van der Waals surface area contributed by atoms with Crippen molar-refractivity contribution in [2.75, 3.05) is 0 Å². The van der Waals surface area contributed by atoms with Crippen LogP contribution in [0.5, 0.6) is 0 Å². The lowest BCUT2D eigenvalue weighted by molar-refractivity contribution is 0.793. The molecule has 2 nitrogen and oxygen atoms in total. The van der Waals surface area contributed by atoms with Crippen LogP contribution in [0.4, 0.5) is 5.69 Å². The average Bonchev–Trinajstić information content (AvgIpc) is 3.69. The van der Waals surface area contributed by atoms with E-state index in [1.165, 1.54) is 72.3 Å². The minimum atomic E-state index is -0.412. The summed E-state index contributed by atoms with van der Waals surface area (Å²) in [6.07, 6.45) is 2.61. The number of nitrogens with zero attached hydrogens (tertiary/aromatic N) is 2. The van der Waals surface area contributed by atoms with Crippen LogP contribution in [-0.4, -0.2) is 11.7 Å². The van der Waals surface area contributed by atoms with Gasteiger partial charge in [-0.05, 0) is 104 Å². The number of rotatable bonds is 6. The van der Waals surface area contributed by atoms with E-state index in [1.54, 1.807) is 0 Å². The molecule has 2 aliphatic carbocycles. The van der Waals surface area contributed by atoms with Crippen molar-refractivity contribution < 1.29 is 0 Å². The first-order valence-corrected chi connectivity index (χ1v) is 17.9. The number of aliphatic imine (C=N–C) groups is 1. The smallest absolute Gasteiger partial charge is 0.0725 e.